The molecule has 0 saturated heterocycles. The molecule has 0 fully saturated rings. The van der Waals surface area contributed by atoms with Crippen molar-refractivity contribution in [1.82, 2.24) is 4.90 Å². The summed E-state index contributed by atoms with van der Waals surface area (Å²) in [5.74, 6) is -0.578. The van der Waals surface area contributed by atoms with Crippen LogP contribution >= 0.6 is 0 Å². The monoisotopic (exact) mass is 304 g/mol. The quantitative estimate of drug-likeness (QED) is 0.774. The third-order valence-electron chi connectivity index (χ3n) is 3.51. The van der Waals surface area contributed by atoms with E-state index in [0.29, 0.717) is 11.3 Å². The average molecular weight is 304 g/mol. The van der Waals surface area contributed by atoms with Crippen LogP contribution < -0.4 is 4.74 Å². The summed E-state index contributed by atoms with van der Waals surface area (Å²) in [5, 5.41) is 9.03. The van der Waals surface area contributed by atoms with E-state index in [1.807, 2.05) is 6.07 Å². The zero-order chi connectivity index (χ0) is 16.9. The minimum atomic E-state index is -1.11. The highest BCUT2D eigenvalue weighted by Crippen LogP contribution is 2.21. The molecule has 118 valence electrons. The first-order chi connectivity index (χ1) is 10.3. The lowest BCUT2D eigenvalue weighted by Gasteiger charge is -2.34. The lowest BCUT2D eigenvalue weighted by Crippen LogP contribution is -2.54. The topological polar surface area (TPSA) is 79.6 Å². The number of methoxy groups -OCH3 is 1. The number of likely N-dealkylation sites (N-methyl/N-ethyl adjacent to an activating group) is 1. The molecule has 0 aromatic heterocycles. The number of nitrogens with zero attached hydrogens (tertiary/aromatic N) is 2. The summed E-state index contributed by atoms with van der Waals surface area (Å²) >= 11 is 0. The maximum absolute atomic E-state index is 12.4. The van der Waals surface area contributed by atoms with Crippen molar-refractivity contribution in [3.8, 4) is 11.8 Å². The number of carbonyl (C=O) groups excluding carboxylic acids is 2. The fourth-order valence-corrected chi connectivity index (χ4v) is 1.84. The molecule has 1 aromatic rings. The third kappa shape index (κ3) is 3.55. The summed E-state index contributed by atoms with van der Waals surface area (Å²) in [6, 6.07) is 8.66. The Bertz CT molecular complexity index is 604. The van der Waals surface area contributed by atoms with E-state index in [1.165, 1.54) is 19.1 Å². The molecule has 0 aliphatic carbocycles. The number of para-hydroxylation sites is 1. The molecule has 0 radical (unpaired) electrons. The molecule has 0 saturated carbocycles. The Balaban J connectivity index is 2.90. The van der Waals surface area contributed by atoms with Gasteiger partial charge in [0.25, 0.3) is 5.91 Å². The smallest absolute Gasteiger partial charge is 0.331 e. The molecule has 1 amide bonds. The highest BCUT2D eigenvalue weighted by atomic mass is 16.5. The van der Waals surface area contributed by atoms with Gasteiger partial charge in [-0.05, 0) is 32.9 Å². The lowest BCUT2D eigenvalue weighted by atomic mass is 10.0. The predicted molar refractivity (Wildman–Crippen MR) is 80.1 cm³/mol. The van der Waals surface area contributed by atoms with Crippen LogP contribution in [0.15, 0.2) is 24.3 Å². The van der Waals surface area contributed by atoms with E-state index in [1.54, 1.807) is 45.0 Å². The number of hydrogen-bond donors (Lipinski definition) is 0. The van der Waals surface area contributed by atoms with Gasteiger partial charge in [-0.25, -0.2) is 4.79 Å². The van der Waals surface area contributed by atoms with Crippen LogP contribution in [0.3, 0.4) is 0 Å². The van der Waals surface area contributed by atoms with Gasteiger partial charge in [0, 0.05) is 7.05 Å². The standard InChI is InChI=1S/C16H20N2O4/c1-11(22-13-9-7-6-8-12(13)10-17)14(19)18(4)16(2,3)15(20)21-5/h6-9,11H,1-5H3. The van der Waals surface area contributed by atoms with E-state index in [4.69, 9.17) is 14.7 Å². The molecule has 1 atom stereocenters. The van der Waals surface area contributed by atoms with Crippen molar-refractivity contribution in [2.75, 3.05) is 14.2 Å². The van der Waals surface area contributed by atoms with Crippen LogP contribution in [0.1, 0.15) is 26.3 Å². The molecule has 0 aliphatic heterocycles. The highest BCUT2D eigenvalue weighted by molar-refractivity contribution is 5.89. The Hall–Kier alpha value is -2.55. The number of amides is 1. The zero-order valence-corrected chi connectivity index (χ0v) is 13.4. The molecule has 0 aliphatic rings. The number of esters is 1. The van der Waals surface area contributed by atoms with Crippen LogP contribution in [0, 0.1) is 11.3 Å². The van der Waals surface area contributed by atoms with Crippen molar-refractivity contribution in [2.45, 2.75) is 32.4 Å². The fourth-order valence-electron chi connectivity index (χ4n) is 1.84. The second-order valence-electron chi connectivity index (χ2n) is 5.32. The van der Waals surface area contributed by atoms with Crippen LogP contribution in [0.2, 0.25) is 0 Å². The second kappa shape index (κ2) is 6.94. The first-order valence-corrected chi connectivity index (χ1v) is 6.77. The molecule has 22 heavy (non-hydrogen) atoms. The van der Waals surface area contributed by atoms with Crippen molar-refractivity contribution in [3.63, 3.8) is 0 Å². The third-order valence-corrected chi connectivity index (χ3v) is 3.51. The van der Waals surface area contributed by atoms with E-state index in [-0.39, 0.29) is 5.91 Å². The maximum Gasteiger partial charge on any atom is 0.331 e. The highest BCUT2D eigenvalue weighted by Gasteiger charge is 2.38. The molecule has 0 N–H and O–H groups in total. The average Bonchev–Trinajstić information content (AvgIpc) is 2.52. The Labute approximate surface area is 130 Å². The molecular weight excluding hydrogens is 284 g/mol. The van der Waals surface area contributed by atoms with E-state index in [9.17, 15) is 9.59 Å². The van der Waals surface area contributed by atoms with E-state index in [2.05, 4.69) is 0 Å². The predicted octanol–water partition coefficient (Wildman–Crippen LogP) is 1.74. The lowest BCUT2D eigenvalue weighted by molar-refractivity contribution is -0.160. The zero-order valence-electron chi connectivity index (χ0n) is 13.4. The summed E-state index contributed by atoms with van der Waals surface area (Å²) in [6.07, 6.45) is -0.844. The largest absolute Gasteiger partial charge is 0.480 e. The van der Waals surface area contributed by atoms with Gasteiger partial charge in [0.05, 0.1) is 12.7 Å². The van der Waals surface area contributed by atoms with Crippen molar-refractivity contribution in [1.29, 1.82) is 5.26 Å². The molecule has 6 nitrogen and oxygen atoms in total. The van der Waals surface area contributed by atoms with E-state index in [0.717, 1.165) is 0 Å². The van der Waals surface area contributed by atoms with Gasteiger partial charge in [0.2, 0.25) is 0 Å². The summed E-state index contributed by atoms with van der Waals surface area (Å²) in [4.78, 5) is 25.5. The fraction of sp³-hybridized carbons (Fsp3) is 0.438. The number of carbonyl (C=O) groups is 2. The van der Waals surface area contributed by atoms with Gasteiger partial charge in [0.1, 0.15) is 17.4 Å². The number of rotatable bonds is 5. The van der Waals surface area contributed by atoms with Gasteiger partial charge in [-0.3, -0.25) is 4.79 Å². The minimum absolute atomic E-state index is 0.329. The van der Waals surface area contributed by atoms with Gasteiger partial charge in [-0.15, -0.1) is 0 Å². The summed E-state index contributed by atoms with van der Waals surface area (Å²) < 4.78 is 10.3. The van der Waals surface area contributed by atoms with Crippen molar-refractivity contribution in [3.05, 3.63) is 29.8 Å². The molecule has 1 rings (SSSR count). The molecule has 0 heterocycles. The SMILES string of the molecule is COC(=O)C(C)(C)N(C)C(=O)C(C)Oc1ccccc1C#N. The first-order valence-electron chi connectivity index (χ1n) is 6.77. The number of benzene rings is 1. The number of ether oxygens (including phenoxy) is 2. The molecule has 6 heteroatoms. The van der Waals surface area contributed by atoms with Gasteiger partial charge in [-0.2, -0.15) is 5.26 Å². The van der Waals surface area contributed by atoms with Crippen molar-refractivity contribution >= 4 is 11.9 Å². The van der Waals surface area contributed by atoms with Crippen LogP contribution in [0.4, 0.5) is 0 Å². The van der Waals surface area contributed by atoms with E-state index >= 15 is 0 Å². The number of hydrogen-bond acceptors (Lipinski definition) is 5. The minimum Gasteiger partial charge on any atom is -0.480 e. The normalized spacial score (nSPS) is 12.0. The summed E-state index contributed by atoms with van der Waals surface area (Å²) in [7, 11) is 2.78. The molecule has 1 unspecified atom stereocenters. The van der Waals surface area contributed by atoms with Crippen molar-refractivity contribution < 1.29 is 19.1 Å². The Morgan fingerprint density at radius 1 is 1.32 bits per heavy atom. The Kier molecular flexibility index (Phi) is 5.52. The Morgan fingerprint density at radius 2 is 1.91 bits per heavy atom. The molecule has 0 bridgehead atoms. The van der Waals surface area contributed by atoms with Crippen LogP contribution in [-0.2, 0) is 14.3 Å². The molecular formula is C16H20N2O4. The van der Waals surface area contributed by atoms with Crippen molar-refractivity contribution in [2.24, 2.45) is 0 Å². The van der Waals surface area contributed by atoms with Gasteiger partial charge >= 0.3 is 5.97 Å². The van der Waals surface area contributed by atoms with Gasteiger partial charge in [0.15, 0.2) is 6.10 Å². The van der Waals surface area contributed by atoms with Crippen LogP contribution in [-0.4, -0.2) is 42.6 Å². The van der Waals surface area contributed by atoms with Gasteiger partial charge in [-0.1, -0.05) is 12.1 Å². The van der Waals surface area contributed by atoms with Crippen LogP contribution in [0.5, 0.6) is 5.75 Å². The second-order valence-corrected chi connectivity index (χ2v) is 5.32. The van der Waals surface area contributed by atoms with Gasteiger partial charge < -0.3 is 14.4 Å². The Morgan fingerprint density at radius 3 is 2.45 bits per heavy atom. The van der Waals surface area contributed by atoms with E-state index < -0.39 is 17.6 Å². The number of nitriles is 1. The maximum atomic E-state index is 12.4. The van der Waals surface area contributed by atoms with Crippen LogP contribution in [0.25, 0.3) is 0 Å². The molecule has 0 spiro atoms. The molecule has 1 aromatic carbocycles. The first kappa shape index (κ1) is 17.5. The summed E-state index contributed by atoms with van der Waals surface area (Å²) in [5.41, 5.74) is -0.768. The summed E-state index contributed by atoms with van der Waals surface area (Å²) in [6.45, 7) is 4.75.